The maximum Gasteiger partial charge on any atom is 0.310 e. The Hall–Kier alpha value is -1.55. The topological polar surface area (TPSA) is 63.0 Å². The lowest BCUT2D eigenvalue weighted by molar-refractivity contribution is -0.142. The highest BCUT2D eigenvalue weighted by Gasteiger charge is 2.22. The number of rotatable bonds is 5. The Morgan fingerprint density at radius 2 is 2.26 bits per heavy atom. The molecular formula is C12H11BrF2N2O2. The Kier molecular flexibility index (Phi) is 5.83. The molecule has 0 N–H and O–H groups in total. The van der Waals surface area contributed by atoms with E-state index >= 15 is 0 Å². The summed E-state index contributed by atoms with van der Waals surface area (Å²) in [5.74, 6) is -0.622. The molecule has 0 aliphatic rings. The predicted molar refractivity (Wildman–Crippen MR) is 66.9 cm³/mol. The molecule has 0 fully saturated rings. The Labute approximate surface area is 117 Å². The first-order valence-corrected chi connectivity index (χ1v) is 6.57. The number of hydrogen-bond donors (Lipinski definition) is 0. The standard InChI is InChI=1S/C12H11BrF2N2O2/c1-2-19-10(18)3-8-9(4-13)7(5-16)6-17-11(8)12(14)15/h6,12H,2-4H2,1H3. The summed E-state index contributed by atoms with van der Waals surface area (Å²) in [5, 5.41) is 9.11. The number of ether oxygens (including phenoxy) is 1. The van der Waals surface area contributed by atoms with E-state index in [0.29, 0.717) is 5.56 Å². The van der Waals surface area contributed by atoms with Crippen molar-refractivity contribution in [2.75, 3.05) is 6.61 Å². The zero-order valence-corrected chi connectivity index (χ0v) is 11.7. The molecule has 0 aliphatic carbocycles. The normalized spacial score (nSPS) is 10.3. The van der Waals surface area contributed by atoms with Gasteiger partial charge in [-0.15, -0.1) is 0 Å². The van der Waals surface area contributed by atoms with E-state index < -0.39 is 18.1 Å². The third kappa shape index (κ3) is 3.70. The summed E-state index contributed by atoms with van der Waals surface area (Å²) in [6.07, 6.45) is -2.04. The zero-order valence-electron chi connectivity index (χ0n) is 10.1. The summed E-state index contributed by atoms with van der Waals surface area (Å²) in [7, 11) is 0. The fourth-order valence-corrected chi connectivity index (χ4v) is 2.24. The maximum absolute atomic E-state index is 12.9. The molecule has 1 aromatic heterocycles. The van der Waals surface area contributed by atoms with Crippen molar-refractivity contribution >= 4 is 21.9 Å². The summed E-state index contributed by atoms with van der Waals surface area (Å²) in [6.45, 7) is 1.79. The molecule has 0 saturated heterocycles. The third-order valence-corrected chi connectivity index (χ3v) is 2.98. The van der Waals surface area contributed by atoms with Crippen LogP contribution in [0.2, 0.25) is 0 Å². The molecule has 19 heavy (non-hydrogen) atoms. The summed E-state index contributed by atoms with van der Waals surface area (Å²) in [5.41, 5.74) is 0.0901. The van der Waals surface area contributed by atoms with E-state index in [0.717, 1.165) is 6.20 Å². The van der Waals surface area contributed by atoms with Gasteiger partial charge in [0.05, 0.1) is 18.6 Å². The molecule has 102 valence electrons. The molecule has 0 atom stereocenters. The van der Waals surface area contributed by atoms with Crippen molar-refractivity contribution in [3.8, 4) is 6.07 Å². The van der Waals surface area contributed by atoms with Crippen LogP contribution in [0.5, 0.6) is 0 Å². The van der Waals surface area contributed by atoms with Crippen LogP contribution >= 0.6 is 15.9 Å². The average molecular weight is 333 g/mol. The Bertz CT molecular complexity index is 515. The van der Waals surface area contributed by atoms with Crippen molar-refractivity contribution < 1.29 is 18.3 Å². The van der Waals surface area contributed by atoms with E-state index in [-0.39, 0.29) is 29.5 Å². The first-order valence-electron chi connectivity index (χ1n) is 5.45. The molecule has 1 aromatic rings. The van der Waals surface area contributed by atoms with E-state index in [9.17, 15) is 13.6 Å². The van der Waals surface area contributed by atoms with E-state index in [4.69, 9.17) is 10.00 Å². The Morgan fingerprint density at radius 3 is 2.74 bits per heavy atom. The highest BCUT2D eigenvalue weighted by atomic mass is 79.9. The van der Waals surface area contributed by atoms with E-state index in [1.165, 1.54) is 0 Å². The van der Waals surface area contributed by atoms with Gasteiger partial charge in [0.1, 0.15) is 11.8 Å². The fraction of sp³-hybridized carbons (Fsp3) is 0.417. The number of nitrogens with zero attached hydrogens (tertiary/aromatic N) is 2. The minimum Gasteiger partial charge on any atom is -0.466 e. The number of nitriles is 1. The Morgan fingerprint density at radius 1 is 1.58 bits per heavy atom. The van der Waals surface area contributed by atoms with Gasteiger partial charge in [0.25, 0.3) is 6.43 Å². The van der Waals surface area contributed by atoms with E-state index in [2.05, 4.69) is 20.9 Å². The van der Waals surface area contributed by atoms with Crippen LogP contribution in [0.25, 0.3) is 0 Å². The van der Waals surface area contributed by atoms with Crippen LogP contribution in [0, 0.1) is 11.3 Å². The van der Waals surface area contributed by atoms with Gasteiger partial charge in [-0.3, -0.25) is 9.78 Å². The van der Waals surface area contributed by atoms with Crippen LogP contribution in [0.15, 0.2) is 6.20 Å². The van der Waals surface area contributed by atoms with Gasteiger partial charge >= 0.3 is 5.97 Å². The van der Waals surface area contributed by atoms with Gasteiger partial charge in [-0.25, -0.2) is 8.78 Å². The van der Waals surface area contributed by atoms with Crippen molar-refractivity contribution in [1.29, 1.82) is 5.26 Å². The number of carbonyl (C=O) groups is 1. The fourth-order valence-electron chi connectivity index (χ4n) is 1.60. The van der Waals surface area contributed by atoms with Crippen LogP contribution in [0.3, 0.4) is 0 Å². The van der Waals surface area contributed by atoms with Crippen molar-refractivity contribution in [1.82, 2.24) is 4.98 Å². The number of esters is 1. The molecular weight excluding hydrogens is 322 g/mol. The number of pyridine rings is 1. The highest BCUT2D eigenvalue weighted by molar-refractivity contribution is 9.08. The van der Waals surface area contributed by atoms with Crippen molar-refractivity contribution in [2.24, 2.45) is 0 Å². The van der Waals surface area contributed by atoms with Crippen molar-refractivity contribution in [3.05, 3.63) is 28.6 Å². The second kappa shape index (κ2) is 7.14. The predicted octanol–water partition coefficient (Wildman–Crippen LogP) is 2.89. The lowest BCUT2D eigenvalue weighted by Crippen LogP contribution is -2.13. The summed E-state index contributed by atoms with van der Waals surface area (Å²) >= 11 is 3.14. The molecule has 0 spiro atoms. The maximum atomic E-state index is 12.9. The third-order valence-electron chi connectivity index (χ3n) is 2.42. The van der Waals surface area contributed by atoms with E-state index in [1.54, 1.807) is 6.92 Å². The summed E-state index contributed by atoms with van der Waals surface area (Å²) < 4.78 is 30.5. The molecule has 0 radical (unpaired) electrons. The van der Waals surface area contributed by atoms with Gasteiger partial charge in [-0.2, -0.15) is 5.26 Å². The smallest absolute Gasteiger partial charge is 0.310 e. The van der Waals surface area contributed by atoms with Gasteiger partial charge in [0.15, 0.2) is 0 Å². The minimum atomic E-state index is -2.81. The number of aromatic nitrogens is 1. The van der Waals surface area contributed by atoms with Gasteiger partial charge < -0.3 is 4.74 Å². The lowest BCUT2D eigenvalue weighted by Gasteiger charge is -2.13. The first-order chi connectivity index (χ1) is 9.04. The quantitative estimate of drug-likeness (QED) is 0.614. The molecule has 0 aliphatic heterocycles. The SMILES string of the molecule is CCOC(=O)Cc1c(C(F)F)ncc(C#N)c1CBr. The molecule has 4 nitrogen and oxygen atoms in total. The molecule has 0 bridgehead atoms. The second-order valence-corrected chi connectivity index (χ2v) is 4.10. The largest absolute Gasteiger partial charge is 0.466 e. The monoisotopic (exact) mass is 332 g/mol. The number of alkyl halides is 3. The van der Waals surface area contributed by atoms with Gasteiger partial charge in [-0.1, -0.05) is 15.9 Å². The summed E-state index contributed by atoms with van der Waals surface area (Å²) in [6, 6.07) is 1.87. The second-order valence-electron chi connectivity index (χ2n) is 3.54. The molecule has 0 saturated carbocycles. The molecule has 1 heterocycles. The van der Waals surface area contributed by atoms with Gasteiger partial charge in [-0.05, 0) is 18.1 Å². The molecule has 7 heteroatoms. The number of carbonyl (C=O) groups excluding carboxylic acids is 1. The number of halogens is 3. The van der Waals surface area contributed by atoms with Crippen molar-refractivity contribution in [3.63, 3.8) is 0 Å². The minimum absolute atomic E-state index is 0.0596. The van der Waals surface area contributed by atoms with Crippen LogP contribution in [0.1, 0.15) is 35.7 Å². The molecule has 1 rings (SSSR count). The molecule has 0 unspecified atom stereocenters. The summed E-state index contributed by atoms with van der Waals surface area (Å²) in [4.78, 5) is 15.0. The van der Waals surface area contributed by atoms with Crippen molar-refractivity contribution in [2.45, 2.75) is 25.1 Å². The van der Waals surface area contributed by atoms with Gasteiger partial charge in [0.2, 0.25) is 0 Å². The first kappa shape index (κ1) is 15.5. The average Bonchev–Trinajstić information content (AvgIpc) is 2.37. The van der Waals surface area contributed by atoms with Crippen LogP contribution in [-0.4, -0.2) is 17.6 Å². The highest BCUT2D eigenvalue weighted by Crippen LogP contribution is 2.27. The van der Waals surface area contributed by atoms with E-state index in [1.807, 2.05) is 6.07 Å². The van der Waals surface area contributed by atoms with Gasteiger partial charge in [0, 0.05) is 11.5 Å². The molecule has 0 amide bonds. The van der Waals surface area contributed by atoms with Crippen LogP contribution < -0.4 is 0 Å². The van der Waals surface area contributed by atoms with Crippen LogP contribution in [0.4, 0.5) is 8.78 Å². The number of hydrogen-bond acceptors (Lipinski definition) is 4. The van der Waals surface area contributed by atoms with Crippen LogP contribution in [-0.2, 0) is 21.3 Å². The molecule has 0 aromatic carbocycles. The lowest BCUT2D eigenvalue weighted by atomic mass is 10.0. The Balaban J connectivity index is 3.30. The zero-order chi connectivity index (χ0) is 14.4.